The van der Waals surface area contributed by atoms with Crippen LogP contribution in [0.5, 0.6) is 5.75 Å². The van der Waals surface area contributed by atoms with Gasteiger partial charge in [-0.05, 0) is 48.7 Å². The molecule has 0 heterocycles. The lowest BCUT2D eigenvalue weighted by atomic mass is 10.1. The van der Waals surface area contributed by atoms with Gasteiger partial charge in [0, 0.05) is 11.6 Å². The summed E-state index contributed by atoms with van der Waals surface area (Å²) in [4.78, 5) is 23.2. The van der Waals surface area contributed by atoms with Crippen molar-refractivity contribution in [3.05, 3.63) is 64.2 Å². The fourth-order valence-electron chi connectivity index (χ4n) is 2.14. The summed E-state index contributed by atoms with van der Waals surface area (Å²) in [6.07, 6.45) is 0.694. The van der Waals surface area contributed by atoms with Crippen LogP contribution in [0.15, 0.2) is 42.5 Å². The smallest absolute Gasteiger partial charge is 0.257 e. The van der Waals surface area contributed by atoms with Crippen LogP contribution in [0.3, 0.4) is 0 Å². The van der Waals surface area contributed by atoms with E-state index < -0.39 is 5.91 Å². The molecule has 0 unspecified atom stereocenters. The number of rotatable bonds is 7. The highest BCUT2D eigenvalue weighted by molar-refractivity contribution is 6.30. The Morgan fingerprint density at radius 1 is 1.17 bits per heavy atom. The number of hydrogen-bond donors (Lipinski definition) is 2. The minimum absolute atomic E-state index is 0.176. The van der Waals surface area contributed by atoms with Crippen LogP contribution in [0.4, 0.5) is 0 Å². The molecule has 0 saturated heterocycles. The summed E-state index contributed by atoms with van der Waals surface area (Å²) in [5.41, 5.74) is 7.55. The summed E-state index contributed by atoms with van der Waals surface area (Å²) in [6, 6.07) is 12.5. The van der Waals surface area contributed by atoms with Crippen molar-refractivity contribution in [2.45, 2.75) is 13.3 Å². The van der Waals surface area contributed by atoms with Gasteiger partial charge < -0.3 is 15.8 Å². The third-order valence-corrected chi connectivity index (χ3v) is 3.66. The molecule has 0 aliphatic rings. The molecule has 2 aromatic rings. The van der Waals surface area contributed by atoms with E-state index in [0.29, 0.717) is 23.7 Å². The summed E-state index contributed by atoms with van der Waals surface area (Å²) in [5, 5.41) is 3.45. The van der Waals surface area contributed by atoms with Crippen LogP contribution in [-0.4, -0.2) is 25.0 Å². The first-order valence-corrected chi connectivity index (χ1v) is 7.88. The zero-order valence-corrected chi connectivity index (χ0v) is 14.1. The van der Waals surface area contributed by atoms with Crippen molar-refractivity contribution >= 4 is 23.4 Å². The van der Waals surface area contributed by atoms with Gasteiger partial charge in [-0.25, -0.2) is 0 Å². The van der Waals surface area contributed by atoms with Crippen molar-refractivity contribution in [1.82, 2.24) is 5.32 Å². The molecule has 6 heteroatoms. The fraction of sp³-hybridized carbons (Fsp3) is 0.222. The van der Waals surface area contributed by atoms with Crippen molar-refractivity contribution in [1.29, 1.82) is 0 Å². The number of amides is 2. The fourth-order valence-corrected chi connectivity index (χ4v) is 2.27. The molecule has 5 nitrogen and oxygen atoms in total. The van der Waals surface area contributed by atoms with Gasteiger partial charge in [-0.2, -0.15) is 0 Å². The highest BCUT2D eigenvalue weighted by Gasteiger charge is 2.11. The number of nitrogens with two attached hydrogens (primary N) is 1. The Kier molecular flexibility index (Phi) is 6.21. The lowest BCUT2D eigenvalue weighted by Gasteiger charge is -2.11. The number of benzene rings is 2. The average Bonchev–Trinajstić information content (AvgIpc) is 2.54. The molecule has 0 fully saturated rings. The first kappa shape index (κ1) is 17.8. The van der Waals surface area contributed by atoms with Gasteiger partial charge in [0.05, 0.1) is 5.56 Å². The Balaban J connectivity index is 1.82. The van der Waals surface area contributed by atoms with E-state index in [1.165, 1.54) is 0 Å². The van der Waals surface area contributed by atoms with E-state index in [-0.39, 0.29) is 18.1 Å². The van der Waals surface area contributed by atoms with Crippen LogP contribution in [0, 0.1) is 6.92 Å². The zero-order chi connectivity index (χ0) is 17.5. The SMILES string of the molecule is Cc1ccc(C(N)=O)c(OCC(=O)NCCc2ccc(Cl)cc2)c1. The number of carbonyl (C=O) groups excluding carboxylic acids is 2. The standard InChI is InChI=1S/C18H19ClN2O3/c1-12-2-7-15(18(20)23)16(10-12)24-11-17(22)21-9-8-13-3-5-14(19)6-4-13/h2-7,10H,8-9,11H2,1H3,(H2,20,23)(H,21,22). The van der Waals surface area contributed by atoms with Gasteiger partial charge in [0.15, 0.2) is 6.61 Å². The molecule has 0 aromatic heterocycles. The monoisotopic (exact) mass is 346 g/mol. The van der Waals surface area contributed by atoms with E-state index in [1.54, 1.807) is 18.2 Å². The summed E-state index contributed by atoms with van der Waals surface area (Å²) >= 11 is 5.82. The molecule has 2 rings (SSSR count). The maximum atomic E-state index is 11.9. The van der Waals surface area contributed by atoms with Crippen molar-refractivity contribution in [2.75, 3.05) is 13.2 Å². The first-order valence-electron chi connectivity index (χ1n) is 7.50. The maximum absolute atomic E-state index is 11.9. The molecule has 0 spiro atoms. The van der Waals surface area contributed by atoms with Crippen LogP contribution >= 0.6 is 11.6 Å². The first-order chi connectivity index (χ1) is 11.5. The maximum Gasteiger partial charge on any atom is 0.257 e. The number of carbonyl (C=O) groups is 2. The van der Waals surface area contributed by atoms with Crippen molar-refractivity contribution < 1.29 is 14.3 Å². The largest absolute Gasteiger partial charge is 0.483 e. The summed E-state index contributed by atoms with van der Waals surface area (Å²) in [6.45, 7) is 2.18. The van der Waals surface area contributed by atoms with Crippen molar-refractivity contribution in [3.63, 3.8) is 0 Å². The van der Waals surface area contributed by atoms with E-state index in [2.05, 4.69) is 5.32 Å². The Hall–Kier alpha value is -2.53. The number of ether oxygens (including phenoxy) is 1. The van der Waals surface area contributed by atoms with Gasteiger partial charge in [-0.1, -0.05) is 29.8 Å². The number of nitrogens with one attached hydrogen (secondary N) is 1. The molecule has 0 saturated carbocycles. The quantitative estimate of drug-likeness (QED) is 0.808. The Morgan fingerprint density at radius 3 is 2.54 bits per heavy atom. The van der Waals surface area contributed by atoms with Crippen molar-refractivity contribution in [2.24, 2.45) is 5.73 Å². The lowest BCUT2D eigenvalue weighted by molar-refractivity contribution is -0.123. The molecule has 126 valence electrons. The molecule has 0 radical (unpaired) electrons. The topological polar surface area (TPSA) is 81.4 Å². The number of hydrogen-bond acceptors (Lipinski definition) is 3. The number of primary amides is 1. The van der Waals surface area contributed by atoms with Gasteiger partial charge in [0.2, 0.25) is 0 Å². The van der Waals surface area contributed by atoms with Gasteiger partial charge in [0.25, 0.3) is 11.8 Å². The van der Waals surface area contributed by atoms with Crippen LogP contribution < -0.4 is 15.8 Å². The third-order valence-electron chi connectivity index (χ3n) is 3.41. The van der Waals surface area contributed by atoms with E-state index in [1.807, 2.05) is 31.2 Å². The second-order valence-corrected chi connectivity index (χ2v) is 5.82. The molecule has 0 aliphatic carbocycles. The van der Waals surface area contributed by atoms with Gasteiger partial charge in [-0.15, -0.1) is 0 Å². The molecule has 24 heavy (non-hydrogen) atoms. The molecular weight excluding hydrogens is 328 g/mol. The van der Waals surface area contributed by atoms with Crippen molar-refractivity contribution in [3.8, 4) is 5.75 Å². The molecule has 3 N–H and O–H groups in total. The van der Waals surface area contributed by atoms with Gasteiger partial charge in [-0.3, -0.25) is 9.59 Å². The summed E-state index contributed by atoms with van der Waals surface area (Å²) in [7, 11) is 0. The van der Waals surface area contributed by atoms with Crippen LogP contribution in [0.1, 0.15) is 21.5 Å². The lowest BCUT2D eigenvalue weighted by Crippen LogP contribution is -2.31. The Bertz CT molecular complexity index is 730. The van der Waals surface area contributed by atoms with E-state index >= 15 is 0 Å². The summed E-state index contributed by atoms with van der Waals surface area (Å²) < 4.78 is 5.43. The normalized spacial score (nSPS) is 10.2. The highest BCUT2D eigenvalue weighted by atomic mass is 35.5. The van der Waals surface area contributed by atoms with Gasteiger partial charge in [0.1, 0.15) is 5.75 Å². The van der Waals surface area contributed by atoms with Crippen LogP contribution in [0.2, 0.25) is 5.02 Å². The van der Waals surface area contributed by atoms with Crippen LogP contribution in [0.25, 0.3) is 0 Å². The zero-order valence-electron chi connectivity index (χ0n) is 13.3. The average molecular weight is 347 g/mol. The van der Waals surface area contributed by atoms with Gasteiger partial charge >= 0.3 is 0 Å². The molecule has 2 amide bonds. The highest BCUT2D eigenvalue weighted by Crippen LogP contribution is 2.19. The minimum atomic E-state index is -0.590. The summed E-state index contributed by atoms with van der Waals surface area (Å²) in [5.74, 6) is -0.538. The van der Waals surface area contributed by atoms with E-state index in [0.717, 1.165) is 11.1 Å². The third kappa shape index (κ3) is 5.28. The molecule has 0 atom stereocenters. The van der Waals surface area contributed by atoms with Crippen LogP contribution in [-0.2, 0) is 11.2 Å². The number of halogens is 1. The predicted octanol–water partition coefficient (Wildman–Crippen LogP) is 2.49. The molecule has 0 bridgehead atoms. The second-order valence-electron chi connectivity index (χ2n) is 5.38. The molecule has 2 aromatic carbocycles. The minimum Gasteiger partial charge on any atom is -0.483 e. The molecular formula is C18H19ClN2O3. The number of aryl methyl sites for hydroxylation is 1. The second kappa shape index (κ2) is 8.36. The van der Waals surface area contributed by atoms with E-state index in [4.69, 9.17) is 22.1 Å². The predicted molar refractivity (Wildman–Crippen MR) is 93.4 cm³/mol. The Morgan fingerprint density at radius 2 is 1.88 bits per heavy atom. The Labute approximate surface area is 145 Å². The van der Waals surface area contributed by atoms with E-state index in [9.17, 15) is 9.59 Å². The molecule has 0 aliphatic heterocycles.